The SMILES string of the molecule is C\C=C/C=C(\C=C/C)CN1CCC2(CCN(C(=O)C(C)(C)C)CC2)C1. The molecular formula is C22H36N2O. The van der Waals surface area contributed by atoms with Gasteiger partial charge in [0.15, 0.2) is 0 Å². The van der Waals surface area contributed by atoms with Gasteiger partial charge in [-0.1, -0.05) is 51.2 Å². The lowest BCUT2D eigenvalue weighted by atomic mass is 9.77. The largest absolute Gasteiger partial charge is 0.342 e. The number of rotatable bonds is 4. The number of hydrogen-bond acceptors (Lipinski definition) is 2. The topological polar surface area (TPSA) is 23.6 Å². The molecule has 2 fully saturated rings. The van der Waals surface area contributed by atoms with Crippen LogP contribution in [0.1, 0.15) is 53.9 Å². The van der Waals surface area contributed by atoms with Crippen LogP contribution in [0.2, 0.25) is 0 Å². The van der Waals surface area contributed by atoms with E-state index in [9.17, 15) is 4.79 Å². The summed E-state index contributed by atoms with van der Waals surface area (Å²) in [5.41, 5.74) is 1.54. The summed E-state index contributed by atoms with van der Waals surface area (Å²) in [6.45, 7) is 15.5. The van der Waals surface area contributed by atoms with E-state index in [2.05, 4.69) is 54.0 Å². The molecule has 0 atom stereocenters. The van der Waals surface area contributed by atoms with Crippen LogP contribution < -0.4 is 0 Å². The van der Waals surface area contributed by atoms with Gasteiger partial charge in [0.05, 0.1) is 0 Å². The maximum Gasteiger partial charge on any atom is 0.227 e. The lowest BCUT2D eigenvalue weighted by molar-refractivity contribution is -0.141. The molecule has 0 aromatic heterocycles. The number of carbonyl (C=O) groups excluding carboxylic acids is 1. The first-order valence-electron chi connectivity index (χ1n) is 9.76. The van der Waals surface area contributed by atoms with Crippen molar-refractivity contribution in [1.82, 2.24) is 9.80 Å². The predicted octanol–water partition coefficient (Wildman–Crippen LogP) is 4.43. The van der Waals surface area contributed by atoms with Crippen molar-refractivity contribution in [2.45, 2.75) is 53.9 Å². The Morgan fingerprint density at radius 2 is 1.68 bits per heavy atom. The third kappa shape index (κ3) is 5.31. The second-order valence-corrected chi connectivity index (χ2v) is 8.77. The van der Waals surface area contributed by atoms with Gasteiger partial charge in [0.25, 0.3) is 0 Å². The Kier molecular flexibility index (Phi) is 6.67. The Balaban J connectivity index is 1.91. The number of piperidine rings is 1. The first-order chi connectivity index (χ1) is 11.8. The van der Waals surface area contributed by atoms with E-state index < -0.39 is 0 Å². The van der Waals surface area contributed by atoms with Gasteiger partial charge in [-0.3, -0.25) is 9.69 Å². The molecule has 2 rings (SSSR count). The average Bonchev–Trinajstić information content (AvgIpc) is 2.94. The molecule has 1 spiro atoms. The van der Waals surface area contributed by atoms with E-state index in [1.807, 2.05) is 20.8 Å². The number of nitrogens with zero attached hydrogens (tertiary/aromatic N) is 2. The van der Waals surface area contributed by atoms with Crippen LogP contribution in [0.25, 0.3) is 0 Å². The van der Waals surface area contributed by atoms with Gasteiger partial charge in [0, 0.05) is 31.6 Å². The zero-order valence-corrected chi connectivity index (χ0v) is 16.8. The van der Waals surface area contributed by atoms with Crippen molar-refractivity contribution in [1.29, 1.82) is 0 Å². The summed E-state index contributed by atoms with van der Waals surface area (Å²) in [7, 11) is 0. The van der Waals surface area contributed by atoms with Crippen molar-refractivity contribution in [2.75, 3.05) is 32.7 Å². The molecule has 25 heavy (non-hydrogen) atoms. The smallest absolute Gasteiger partial charge is 0.227 e. The molecule has 0 radical (unpaired) electrons. The van der Waals surface area contributed by atoms with E-state index in [0.717, 1.165) is 32.5 Å². The van der Waals surface area contributed by atoms with Gasteiger partial charge < -0.3 is 4.90 Å². The van der Waals surface area contributed by atoms with E-state index in [1.54, 1.807) is 0 Å². The van der Waals surface area contributed by atoms with Crippen molar-refractivity contribution in [3.63, 3.8) is 0 Å². The maximum absolute atomic E-state index is 12.5. The van der Waals surface area contributed by atoms with Crippen LogP contribution in [0.3, 0.4) is 0 Å². The molecule has 0 aromatic rings. The molecule has 2 heterocycles. The third-order valence-corrected chi connectivity index (χ3v) is 5.56. The number of carbonyl (C=O) groups is 1. The molecule has 0 aliphatic carbocycles. The fourth-order valence-corrected chi connectivity index (χ4v) is 4.08. The van der Waals surface area contributed by atoms with E-state index in [0.29, 0.717) is 11.3 Å². The lowest BCUT2D eigenvalue weighted by Crippen LogP contribution is -2.47. The first kappa shape index (κ1) is 20.0. The van der Waals surface area contributed by atoms with Crippen LogP contribution in [0.15, 0.2) is 36.0 Å². The summed E-state index contributed by atoms with van der Waals surface area (Å²) in [4.78, 5) is 17.2. The minimum atomic E-state index is -0.259. The molecule has 3 nitrogen and oxygen atoms in total. The third-order valence-electron chi connectivity index (χ3n) is 5.56. The summed E-state index contributed by atoms with van der Waals surface area (Å²) in [6, 6.07) is 0. The van der Waals surface area contributed by atoms with Crippen LogP contribution in [-0.2, 0) is 4.79 Å². The molecule has 0 unspecified atom stereocenters. The van der Waals surface area contributed by atoms with E-state index in [-0.39, 0.29) is 5.41 Å². The highest BCUT2D eigenvalue weighted by Gasteiger charge is 2.42. The molecule has 2 aliphatic heterocycles. The maximum atomic E-state index is 12.5. The Morgan fingerprint density at radius 1 is 1.04 bits per heavy atom. The molecule has 3 heteroatoms. The van der Waals surface area contributed by atoms with E-state index in [1.165, 1.54) is 25.1 Å². The van der Waals surface area contributed by atoms with Crippen LogP contribution in [0.5, 0.6) is 0 Å². The normalized spacial score (nSPS) is 22.6. The van der Waals surface area contributed by atoms with Gasteiger partial charge >= 0.3 is 0 Å². The highest BCUT2D eigenvalue weighted by Crippen LogP contribution is 2.41. The molecule has 0 N–H and O–H groups in total. The number of hydrogen-bond donors (Lipinski definition) is 0. The van der Waals surface area contributed by atoms with Crippen molar-refractivity contribution in [2.24, 2.45) is 10.8 Å². The highest BCUT2D eigenvalue weighted by molar-refractivity contribution is 5.81. The Bertz CT molecular complexity index is 543. The zero-order chi connectivity index (χ0) is 18.5. The molecule has 2 saturated heterocycles. The molecule has 1 amide bonds. The quantitative estimate of drug-likeness (QED) is 0.705. The Morgan fingerprint density at radius 3 is 2.24 bits per heavy atom. The molecule has 0 bridgehead atoms. The van der Waals surface area contributed by atoms with Crippen molar-refractivity contribution < 1.29 is 4.79 Å². The molecule has 0 aromatic carbocycles. The minimum absolute atomic E-state index is 0.259. The molecular weight excluding hydrogens is 308 g/mol. The van der Waals surface area contributed by atoms with Crippen LogP contribution in [0, 0.1) is 10.8 Å². The highest BCUT2D eigenvalue weighted by atomic mass is 16.2. The molecule has 0 saturated carbocycles. The van der Waals surface area contributed by atoms with Gasteiger partial charge in [0.2, 0.25) is 5.91 Å². The minimum Gasteiger partial charge on any atom is -0.342 e. The van der Waals surface area contributed by atoms with Gasteiger partial charge in [-0.25, -0.2) is 0 Å². The monoisotopic (exact) mass is 344 g/mol. The van der Waals surface area contributed by atoms with E-state index >= 15 is 0 Å². The van der Waals surface area contributed by atoms with Crippen molar-refractivity contribution >= 4 is 5.91 Å². The zero-order valence-electron chi connectivity index (χ0n) is 16.8. The second kappa shape index (κ2) is 8.35. The Labute approximate surface area is 154 Å². The van der Waals surface area contributed by atoms with Gasteiger partial charge in [0.1, 0.15) is 0 Å². The van der Waals surface area contributed by atoms with E-state index in [4.69, 9.17) is 0 Å². The lowest BCUT2D eigenvalue weighted by Gasteiger charge is -2.41. The van der Waals surface area contributed by atoms with Crippen molar-refractivity contribution in [3.8, 4) is 0 Å². The van der Waals surface area contributed by atoms with Crippen LogP contribution >= 0.6 is 0 Å². The van der Waals surface area contributed by atoms with Crippen LogP contribution in [-0.4, -0.2) is 48.4 Å². The summed E-state index contributed by atoms with van der Waals surface area (Å²) >= 11 is 0. The first-order valence-corrected chi connectivity index (χ1v) is 9.76. The summed E-state index contributed by atoms with van der Waals surface area (Å²) in [5.74, 6) is 0.307. The van der Waals surface area contributed by atoms with Gasteiger partial charge in [-0.15, -0.1) is 0 Å². The molecule has 2 aliphatic rings. The second-order valence-electron chi connectivity index (χ2n) is 8.77. The van der Waals surface area contributed by atoms with Gasteiger partial charge in [-0.2, -0.15) is 0 Å². The molecule has 140 valence electrons. The number of amides is 1. The summed E-state index contributed by atoms with van der Waals surface area (Å²) in [6.07, 6.45) is 14.3. The van der Waals surface area contributed by atoms with Gasteiger partial charge in [-0.05, 0) is 50.6 Å². The average molecular weight is 345 g/mol. The number of allylic oxidation sites excluding steroid dienone is 4. The van der Waals surface area contributed by atoms with Crippen LogP contribution in [0.4, 0.5) is 0 Å². The van der Waals surface area contributed by atoms with Crippen molar-refractivity contribution in [3.05, 3.63) is 36.0 Å². The summed E-state index contributed by atoms with van der Waals surface area (Å²) < 4.78 is 0. The Hall–Kier alpha value is -1.35. The standard InChI is InChI=1S/C22H36N2O/c1-6-8-10-19(9-7-2)17-23-14-11-22(18-23)12-15-24(16-13-22)20(25)21(3,4)5/h6-10H,11-18H2,1-5H3/b8-6-,9-7-,19-10+. The fourth-order valence-electron chi connectivity index (χ4n) is 4.08. The fraction of sp³-hybridized carbons (Fsp3) is 0.682. The number of likely N-dealkylation sites (tertiary alicyclic amines) is 2. The summed E-state index contributed by atoms with van der Waals surface area (Å²) in [5, 5.41) is 0. The predicted molar refractivity (Wildman–Crippen MR) is 106 cm³/mol.